The van der Waals surface area contributed by atoms with Gasteiger partial charge in [0.1, 0.15) is 0 Å². The Morgan fingerprint density at radius 1 is 1.41 bits per heavy atom. The minimum atomic E-state index is 0.337. The van der Waals surface area contributed by atoms with Crippen LogP contribution in [0.2, 0.25) is 0 Å². The van der Waals surface area contributed by atoms with Crippen molar-refractivity contribution in [2.75, 3.05) is 0 Å². The summed E-state index contributed by atoms with van der Waals surface area (Å²) in [5, 5.41) is 3.12. The number of aliphatic imine (C=N–C) groups is 1. The van der Waals surface area contributed by atoms with Crippen LogP contribution in [0.1, 0.15) is 31.7 Å². The van der Waals surface area contributed by atoms with Gasteiger partial charge in [-0.25, -0.2) is 4.99 Å². The van der Waals surface area contributed by atoms with Gasteiger partial charge < -0.3 is 11.1 Å². The molecule has 1 aromatic carbocycles. The summed E-state index contributed by atoms with van der Waals surface area (Å²) in [5.41, 5.74) is 7.16. The SMILES string of the molecule is CC(C)NC(N)=NC1CC1c1ccc(Br)cc1. The summed E-state index contributed by atoms with van der Waals surface area (Å²) < 4.78 is 1.11. The first-order chi connectivity index (χ1) is 8.06. The van der Waals surface area contributed by atoms with Gasteiger partial charge in [0.25, 0.3) is 0 Å². The fourth-order valence-electron chi connectivity index (χ4n) is 1.90. The molecule has 0 bridgehead atoms. The Balaban J connectivity index is 1.94. The van der Waals surface area contributed by atoms with Crippen molar-refractivity contribution in [2.45, 2.75) is 38.3 Å². The Morgan fingerprint density at radius 3 is 2.65 bits per heavy atom. The summed E-state index contributed by atoms with van der Waals surface area (Å²) in [4.78, 5) is 4.48. The highest BCUT2D eigenvalue weighted by atomic mass is 79.9. The van der Waals surface area contributed by atoms with Crippen LogP contribution in [0.15, 0.2) is 33.7 Å². The molecule has 3 nitrogen and oxygen atoms in total. The topological polar surface area (TPSA) is 50.4 Å². The van der Waals surface area contributed by atoms with Crippen LogP contribution in [-0.4, -0.2) is 18.0 Å². The number of halogens is 1. The van der Waals surface area contributed by atoms with Gasteiger partial charge in [-0.05, 0) is 38.0 Å². The number of nitrogens with zero attached hydrogens (tertiary/aromatic N) is 1. The van der Waals surface area contributed by atoms with Crippen LogP contribution in [0.4, 0.5) is 0 Å². The van der Waals surface area contributed by atoms with Crippen molar-refractivity contribution in [3.63, 3.8) is 0 Å². The molecule has 4 heteroatoms. The van der Waals surface area contributed by atoms with E-state index in [1.54, 1.807) is 0 Å². The Labute approximate surface area is 111 Å². The number of rotatable bonds is 3. The Kier molecular flexibility index (Phi) is 3.72. The normalized spacial score (nSPS) is 23.9. The van der Waals surface area contributed by atoms with E-state index in [1.807, 2.05) is 0 Å². The number of benzene rings is 1. The van der Waals surface area contributed by atoms with Crippen molar-refractivity contribution in [1.82, 2.24) is 5.32 Å². The Hall–Kier alpha value is -1.03. The second-order valence-corrected chi connectivity index (χ2v) is 5.69. The minimum absolute atomic E-state index is 0.337. The summed E-state index contributed by atoms with van der Waals surface area (Å²) >= 11 is 3.44. The lowest BCUT2D eigenvalue weighted by molar-refractivity contribution is 0.722. The molecule has 2 unspecified atom stereocenters. The van der Waals surface area contributed by atoms with Gasteiger partial charge in [0, 0.05) is 16.4 Å². The van der Waals surface area contributed by atoms with Crippen molar-refractivity contribution >= 4 is 21.9 Å². The third kappa shape index (κ3) is 3.46. The molecular weight excluding hydrogens is 278 g/mol. The van der Waals surface area contributed by atoms with Crippen LogP contribution in [0, 0.1) is 0 Å². The highest BCUT2D eigenvalue weighted by Crippen LogP contribution is 2.43. The third-order valence-corrected chi connectivity index (χ3v) is 3.33. The molecule has 92 valence electrons. The fourth-order valence-corrected chi connectivity index (χ4v) is 2.17. The Bertz CT molecular complexity index is 411. The van der Waals surface area contributed by atoms with Crippen LogP contribution in [0.3, 0.4) is 0 Å². The molecule has 0 heterocycles. The van der Waals surface area contributed by atoms with Crippen molar-refractivity contribution in [2.24, 2.45) is 10.7 Å². The summed E-state index contributed by atoms with van der Waals surface area (Å²) in [7, 11) is 0. The lowest BCUT2D eigenvalue weighted by atomic mass is 10.1. The average Bonchev–Trinajstić information content (AvgIpc) is 2.96. The lowest BCUT2D eigenvalue weighted by Gasteiger charge is -2.08. The van der Waals surface area contributed by atoms with Gasteiger partial charge in [-0.2, -0.15) is 0 Å². The smallest absolute Gasteiger partial charge is 0.189 e. The number of guanidine groups is 1. The van der Waals surface area contributed by atoms with E-state index in [0.29, 0.717) is 24.0 Å². The maximum Gasteiger partial charge on any atom is 0.189 e. The number of hydrogen-bond acceptors (Lipinski definition) is 1. The molecule has 1 aliphatic rings. The molecule has 2 rings (SSSR count). The monoisotopic (exact) mass is 295 g/mol. The van der Waals surface area contributed by atoms with E-state index >= 15 is 0 Å². The first-order valence-electron chi connectivity index (χ1n) is 5.91. The molecule has 3 N–H and O–H groups in total. The molecule has 1 aromatic rings. The summed E-state index contributed by atoms with van der Waals surface area (Å²) in [6.07, 6.45) is 1.10. The van der Waals surface area contributed by atoms with Crippen LogP contribution >= 0.6 is 15.9 Å². The molecule has 0 aliphatic heterocycles. The van der Waals surface area contributed by atoms with Crippen LogP contribution in [0.5, 0.6) is 0 Å². The van der Waals surface area contributed by atoms with Crippen molar-refractivity contribution in [3.8, 4) is 0 Å². The molecule has 1 saturated carbocycles. The molecule has 17 heavy (non-hydrogen) atoms. The number of hydrogen-bond donors (Lipinski definition) is 2. The zero-order valence-electron chi connectivity index (χ0n) is 10.2. The summed E-state index contributed by atoms with van der Waals surface area (Å²) in [6.45, 7) is 4.11. The highest BCUT2D eigenvalue weighted by Gasteiger charge is 2.38. The highest BCUT2D eigenvalue weighted by molar-refractivity contribution is 9.10. The first kappa shape index (κ1) is 12.4. The van der Waals surface area contributed by atoms with Gasteiger partial charge in [-0.15, -0.1) is 0 Å². The van der Waals surface area contributed by atoms with Gasteiger partial charge in [-0.3, -0.25) is 0 Å². The zero-order chi connectivity index (χ0) is 12.4. The largest absolute Gasteiger partial charge is 0.370 e. The first-order valence-corrected chi connectivity index (χ1v) is 6.71. The maximum atomic E-state index is 5.81. The molecule has 0 amide bonds. The molecule has 0 saturated heterocycles. The lowest BCUT2D eigenvalue weighted by Crippen LogP contribution is -2.37. The minimum Gasteiger partial charge on any atom is -0.370 e. The molecule has 2 atom stereocenters. The Morgan fingerprint density at radius 2 is 2.06 bits per heavy atom. The van der Waals surface area contributed by atoms with Gasteiger partial charge >= 0.3 is 0 Å². The van der Waals surface area contributed by atoms with Gasteiger partial charge in [-0.1, -0.05) is 28.1 Å². The predicted molar refractivity (Wildman–Crippen MR) is 75.2 cm³/mol. The number of nitrogens with two attached hydrogens (primary N) is 1. The summed E-state index contributed by atoms with van der Waals surface area (Å²) in [6, 6.07) is 9.13. The van der Waals surface area contributed by atoms with E-state index in [2.05, 4.69) is 64.4 Å². The molecule has 0 aromatic heterocycles. The van der Waals surface area contributed by atoms with Crippen molar-refractivity contribution in [1.29, 1.82) is 0 Å². The standard InChI is InChI=1S/C13H18BrN3/c1-8(2)16-13(15)17-12-7-11(12)9-3-5-10(14)6-4-9/h3-6,8,11-12H,7H2,1-2H3,(H3,15,16,17). The maximum absolute atomic E-state index is 5.81. The second-order valence-electron chi connectivity index (χ2n) is 4.77. The average molecular weight is 296 g/mol. The molecule has 0 radical (unpaired) electrons. The molecular formula is C13H18BrN3. The third-order valence-electron chi connectivity index (χ3n) is 2.80. The van der Waals surface area contributed by atoms with E-state index in [0.717, 1.165) is 10.9 Å². The van der Waals surface area contributed by atoms with E-state index in [1.165, 1.54) is 5.56 Å². The second kappa shape index (κ2) is 5.08. The van der Waals surface area contributed by atoms with Gasteiger partial charge in [0.15, 0.2) is 5.96 Å². The number of nitrogens with one attached hydrogen (secondary N) is 1. The summed E-state index contributed by atoms with van der Waals surface area (Å²) in [5.74, 6) is 1.10. The van der Waals surface area contributed by atoms with Crippen LogP contribution < -0.4 is 11.1 Å². The predicted octanol–water partition coefficient (Wildman–Crippen LogP) is 2.62. The van der Waals surface area contributed by atoms with E-state index in [-0.39, 0.29) is 0 Å². The van der Waals surface area contributed by atoms with E-state index < -0.39 is 0 Å². The van der Waals surface area contributed by atoms with Gasteiger partial charge in [0.05, 0.1) is 6.04 Å². The van der Waals surface area contributed by atoms with Crippen LogP contribution in [0.25, 0.3) is 0 Å². The zero-order valence-corrected chi connectivity index (χ0v) is 11.7. The van der Waals surface area contributed by atoms with Gasteiger partial charge in [0.2, 0.25) is 0 Å². The van der Waals surface area contributed by atoms with E-state index in [9.17, 15) is 0 Å². The fraction of sp³-hybridized carbons (Fsp3) is 0.462. The van der Waals surface area contributed by atoms with E-state index in [4.69, 9.17) is 5.73 Å². The van der Waals surface area contributed by atoms with Crippen molar-refractivity contribution in [3.05, 3.63) is 34.3 Å². The van der Waals surface area contributed by atoms with Crippen molar-refractivity contribution < 1.29 is 0 Å². The molecule has 0 spiro atoms. The molecule has 1 aliphatic carbocycles. The van der Waals surface area contributed by atoms with Crippen LogP contribution in [-0.2, 0) is 0 Å². The molecule has 1 fully saturated rings. The quantitative estimate of drug-likeness (QED) is 0.665.